The number of anilines is 1. The van der Waals surface area contributed by atoms with E-state index in [2.05, 4.69) is 38.9 Å². The second kappa shape index (κ2) is 5.93. The van der Waals surface area contributed by atoms with Crippen LogP contribution in [0.4, 0.5) is 5.82 Å². The molecule has 1 atom stereocenters. The van der Waals surface area contributed by atoms with Gasteiger partial charge in [0.15, 0.2) is 0 Å². The molecular weight excluding hydrogens is 214 g/mol. The predicted molar refractivity (Wildman–Crippen MR) is 69.0 cm³/mol. The van der Waals surface area contributed by atoms with Crippen LogP contribution >= 0.6 is 0 Å². The zero-order chi connectivity index (χ0) is 12.1. The molecule has 0 spiro atoms. The molecular formula is C12H21N5. The molecule has 0 bridgehead atoms. The molecule has 1 aliphatic rings. The van der Waals surface area contributed by atoms with Crippen molar-refractivity contribution >= 4 is 5.82 Å². The molecule has 1 unspecified atom stereocenters. The molecule has 1 saturated heterocycles. The van der Waals surface area contributed by atoms with Gasteiger partial charge in [-0.25, -0.2) is 9.97 Å². The summed E-state index contributed by atoms with van der Waals surface area (Å²) >= 11 is 0. The Bertz CT molecular complexity index is 325. The van der Waals surface area contributed by atoms with Crippen LogP contribution in [0.3, 0.4) is 0 Å². The quantitative estimate of drug-likeness (QED) is 0.826. The number of rotatable bonds is 4. The number of aromatic nitrogens is 2. The maximum absolute atomic E-state index is 4.36. The number of nitrogens with zero attached hydrogens (tertiary/aromatic N) is 4. The molecule has 1 aromatic rings. The Morgan fingerprint density at radius 2 is 2.29 bits per heavy atom. The van der Waals surface area contributed by atoms with Crippen molar-refractivity contribution in [2.45, 2.75) is 20.0 Å². The summed E-state index contributed by atoms with van der Waals surface area (Å²) in [6, 6.07) is 1.99. The van der Waals surface area contributed by atoms with Crippen molar-refractivity contribution in [3.8, 4) is 0 Å². The topological polar surface area (TPSA) is 44.3 Å². The van der Waals surface area contributed by atoms with Crippen LogP contribution in [0.25, 0.3) is 0 Å². The van der Waals surface area contributed by atoms with E-state index in [1.54, 1.807) is 6.33 Å². The van der Waals surface area contributed by atoms with Gasteiger partial charge in [0.05, 0.1) is 6.17 Å². The molecule has 2 rings (SSSR count). The van der Waals surface area contributed by atoms with E-state index in [-0.39, 0.29) is 0 Å². The number of piperazine rings is 1. The van der Waals surface area contributed by atoms with Crippen LogP contribution in [0, 0.1) is 0 Å². The Morgan fingerprint density at radius 1 is 1.47 bits per heavy atom. The summed E-state index contributed by atoms with van der Waals surface area (Å²) in [7, 11) is 0. The molecule has 0 amide bonds. The van der Waals surface area contributed by atoms with E-state index in [1.165, 1.54) is 0 Å². The summed E-state index contributed by atoms with van der Waals surface area (Å²) in [6.07, 6.45) is 3.83. The van der Waals surface area contributed by atoms with Crippen LogP contribution in [0.2, 0.25) is 0 Å². The van der Waals surface area contributed by atoms with E-state index in [9.17, 15) is 0 Å². The lowest BCUT2D eigenvalue weighted by molar-refractivity contribution is 0.190. The smallest absolute Gasteiger partial charge is 0.133 e. The first-order valence-electron chi connectivity index (χ1n) is 6.34. The lowest BCUT2D eigenvalue weighted by Crippen LogP contribution is -2.59. The lowest BCUT2D eigenvalue weighted by atomic mass is 10.2. The third-order valence-electron chi connectivity index (χ3n) is 3.31. The summed E-state index contributed by atoms with van der Waals surface area (Å²) < 4.78 is 0. The summed E-state index contributed by atoms with van der Waals surface area (Å²) in [6.45, 7) is 9.53. The van der Waals surface area contributed by atoms with Crippen LogP contribution in [-0.4, -0.2) is 53.8 Å². The molecule has 1 fully saturated rings. The molecule has 0 saturated carbocycles. The summed E-state index contributed by atoms with van der Waals surface area (Å²) in [5.74, 6) is 1.03. The fourth-order valence-electron chi connectivity index (χ4n) is 2.38. The van der Waals surface area contributed by atoms with E-state index in [4.69, 9.17) is 0 Å². The van der Waals surface area contributed by atoms with Gasteiger partial charge in [-0.2, -0.15) is 0 Å². The van der Waals surface area contributed by atoms with Gasteiger partial charge in [-0.3, -0.25) is 4.90 Å². The van der Waals surface area contributed by atoms with Crippen LogP contribution in [0.5, 0.6) is 0 Å². The molecule has 1 aliphatic heterocycles. The first-order valence-corrected chi connectivity index (χ1v) is 6.34. The highest BCUT2D eigenvalue weighted by atomic mass is 15.4. The fraction of sp³-hybridized carbons (Fsp3) is 0.667. The van der Waals surface area contributed by atoms with Gasteiger partial charge in [-0.1, -0.05) is 13.8 Å². The molecule has 2 heterocycles. The SMILES string of the molecule is CCN(CC)C1CNCCN1c1ccncn1. The third kappa shape index (κ3) is 2.73. The van der Waals surface area contributed by atoms with Crippen molar-refractivity contribution in [3.05, 3.63) is 18.6 Å². The Kier molecular flexibility index (Phi) is 4.28. The minimum absolute atomic E-state index is 0.397. The first-order chi connectivity index (χ1) is 8.36. The van der Waals surface area contributed by atoms with Crippen molar-refractivity contribution in [3.63, 3.8) is 0 Å². The van der Waals surface area contributed by atoms with E-state index in [1.807, 2.05) is 12.3 Å². The maximum Gasteiger partial charge on any atom is 0.133 e. The Morgan fingerprint density at radius 3 is 2.94 bits per heavy atom. The number of nitrogens with one attached hydrogen (secondary N) is 1. The number of likely N-dealkylation sites (N-methyl/N-ethyl adjacent to an activating group) is 1. The highest BCUT2D eigenvalue weighted by Crippen LogP contribution is 2.16. The van der Waals surface area contributed by atoms with E-state index >= 15 is 0 Å². The van der Waals surface area contributed by atoms with Gasteiger partial charge in [0.2, 0.25) is 0 Å². The van der Waals surface area contributed by atoms with Crippen molar-refractivity contribution in [1.82, 2.24) is 20.2 Å². The van der Waals surface area contributed by atoms with Gasteiger partial charge in [-0.15, -0.1) is 0 Å². The fourth-order valence-corrected chi connectivity index (χ4v) is 2.38. The third-order valence-corrected chi connectivity index (χ3v) is 3.31. The van der Waals surface area contributed by atoms with Crippen LogP contribution < -0.4 is 10.2 Å². The van der Waals surface area contributed by atoms with Crippen molar-refractivity contribution in [2.24, 2.45) is 0 Å². The van der Waals surface area contributed by atoms with Gasteiger partial charge in [0.1, 0.15) is 12.1 Å². The average Bonchev–Trinajstić information content (AvgIpc) is 2.42. The highest BCUT2D eigenvalue weighted by Gasteiger charge is 2.26. The molecule has 94 valence electrons. The molecule has 1 N–H and O–H groups in total. The number of hydrogen-bond donors (Lipinski definition) is 1. The molecule has 1 aromatic heterocycles. The van der Waals surface area contributed by atoms with Gasteiger partial charge >= 0.3 is 0 Å². The lowest BCUT2D eigenvalue weighted by Gasteiger charge is -2.42. The van der Waals surface area contributed by atoms with Crippen molar-refractivity contribution < 1.29 is 0 Å². The van der Waals surface area contributed by atoms with Gasteiger partial charge in [0.25, 0.3) is 0 Å². The largest absolute Gasteiger partial charge is 0.338 e. The molecule has 17 heavy (non-hydrogen) atoms. The van der Waals surface area contributed by atoms with Crippen LogP contribution in [-0.2, 0) is 0 Å². The van der Waals surface area contributed by atoms with E-state index < -0.39 is 0 Å². The Balaban J connectivity index is 2.17. The second-order valence-electron chi connectivity index (χ2n) is 4.17. The summed E-state index contributed by atoms with van der Waals surface area (Å²) in [5.41, 5.74) is 0. The van der Waals surface area contributed by atoms with E-state index in [0.29, 0.717) is 6.17 Å². The second-order valence-corrected chi connectivity index (χ2v) is 4.17. The van der Waals surface area contributed by atoms with Crippen molar-refractivity contribution in [2.75, 3.05) is 37.6 Å². The first kappa shape index (κ1) is 12.3. The van der Waals surface area contributed by atoms with Gasteiger partial charge < -0.3 is 10.2 Å². The minimum atomic E-state index is 0.397. The normalized spacial score (nSPS) is 20.9. The molecule has 0 radical (unpaired) electrons. The zero-order valence-corrected chi connectivity index (χ0v) is 10.6. The number of hydrogen-bond acceptors (Lipinski definition) is 5. The highest BCUT2D eigenvalue weighted by molar-refractivity contribution is 5.38. The molecule has 5 heteroatoms. The van der Waals surface area contributed by atoms with Gasteiger partial charge in [-0.05, 0) is 19.2 Å². The van der Waals surface area contributed by atoms with Crippen LogP contribution in [0.15, 0.2) is 18.6 Å². The van der Waals surface area contributed by atoms with E-state index in [0.717, 1.165) is 38.5 Å². The van der Waals surface area contributed by atoms with Crippen molar-refractivity contribution in [1.29, 1.82) is 0 Å². The Labute approximate surface area is 103 Å². The molecule has 5 nitrogen and oxygen atoms in total. The predicted octanol–water partition coefficient (Wildman–Crippen LogP) is 0.554. The maximum atomic E-state index is 4.36. The molecule has 0 aromatic carbocycles. The van der Waals surface area contributed by atoms with Crippen LogP contribution in [0.1, 0.15) is 13.8 Å². The summed E-state index contributed by atoms with van der Waals surface area (Å²) in [4.78, 5) is 13.2. The standard InChI is InChI=1S/C12H21N5/c1-3-16(4-2)12-9-13-7-8-17(12)11-5-6-14-10-15-11/h5-6,10,12-13H,3-4,7-9H2,1-2H3. The monoisotopic (exact) mass is 235 g/mol. The minimum Gasteiger partial charge on any atom is -0.338 e. The van der Waals surface area contributed by atoms with Gasteiger partial charge in [0, 0.05) is 25.8 Å². The summed E-state index contributed by atoms with van der Waals surface area (Å²) in [5, 5.41) is 3.46. The Hall–Kier alpha value is -1.20. The average molecular weight is 235 g/mol. The zero-order valence-electron chi connectivity index (χ0n) is 10.6. The molecule has 0 aliphatic carbocycles.